The molecule has 1 saturated heterocycles. The maximum atomic E-state index is 13.0. The van der Waals surface area contributed by atoms with Gasteiger partial charge >= 0.3 is 0 Å². The van der Waals surface area contributed by atoms with E-state index in [1.807, 2.05) is 49.7 Å². The molecule has 0 N–H and O–H groups in total. The molecule has 2 atom stereocenters. The fourth-order valence-electron chi connectivity index (χ4n) is 3.59. The third kappa shape index (κ3) is 3.98. The Kier molecular flexibility index (Phi) is 5.63. The van der Waals surface area contributed by atoms with Crippen LogP contribution in [0.1, 0.15) is 24.2 Å². The number of para-hydroxylation sites is 1. The first kappa shape index (κ1) is 20.9. The molecule has 0 unspecified atom stereocenters. The monoisotopic (exact) mass is 445 g/mol. The van der Waals surface area contributed by atoms with E-state index in [0.29, 0.717) is 23.5 Å². The van der Waals surface area contributed by atoms with Gasteiger partial charge in [-0.3, -0.25) is 4.79 Å². The van der Waals surface area contributed by atoms with E-state index in [9.17, 15) is 13.2 Å². The van der Waals surface area contributed by atoms with Crippen LogP contribution in [0.2, 0.25) is 0 Å². The number of aromatic nitrogens is 1. The van der Waals surface area contributed by atoms with Crippen LogP contribution in [-0.4, -0.2) is 48.5 Å². The summed E-state index contributed by atoms with van der Waals surface area (Å²) in [5, 5.41) is 0. The van der Waals surface area contributed by atoms with Crippen LogP contribution in [-0.2, 0) is 21.8 Å². The lowest BCUT2D eigenvalue weighted by atomic mass is 10.2. The van der Waals surface area contributed by atoms with Gasteiger partial charge < -0.3 is 9.30 Å². The van der Waals surface area contributed by atoms with E-state index in [-0.39, 0.29) is 17.1 Å². The van der Waals surface area contributed by atoms with Gasteiger partial charge in [0.15, 0.2) is 4.80 Å². The van der Waals surface area contributed by atoms with Gasteiger partial charge in [-0.15, -0.1) is 0 Å². The molecule has 0 bridgehead atoms. The van der Waals surface area contributed by atoms with Crippen molar-refractivity contribution in [2.24, 2.45) is 12.0 Å². The van der Waals surface area contributed by atoms with Crippen molar-refractivity contribution in [1.29, 1.82) is 0 Å². The SMILES string of the molecule is C[C@H]1CN(S(=O)(=O)c2ccc(C(=O)N=c3sc4ccccc4n3C)cc2)C[C@H](C)O1. The number of carbonyl (C=O) groups excluding carboxylic acids is 1. The first-order valence-electron chi connectivity index (χ1n) is 9.65. The maximum Gasteiger partial charge on any atom is 0.279 e. The summed E-state index contributed by atoms with van der Waals surface area (Å²) in [4.78, 5) is 17.6. The van der Waals surface area contributed by atoms with Gasteiger partial charge in [-0.1, -0.05) is 23.5 Å². The lowest BCUT2D eigenvalue weighted by molar-refractivity contribution is -0.0440. The second-order valence-electron chi connectivity index (χ2n) is 7.43. The molecule has 1 aliphatic heterocycles. The summed E-state index contributed by atoms with van der Waals surface area (Å²) in [6.07, 6.45) is -0.324. The highest BCUT2D eigenvalue weighted by molar-refractivity contribution is 7.89. The molecule has 1 amide bonds. The summed E-state index contributed by atoms with van der Waals surface area (Å²) < 4.78 is 35.9. The maximum absolute atomic E-state index is 13.0. The third-order valence-corrected chi connectivity index (χ3v) is 8.00. The van der Waals surface area contributed by atoms with Crippen LogP contribution in [0.5, 0.6) is 0 Å². The predicted octanol–water partition coefficient (Wildman–Crippen LogP) is 2.78. The molecule has 0 radical (unpaired) electrons. The van der Waals surface area contributed by atoms with E-state index in [4.69, 9.17) is 4.74 Å². The number of hydrogen-bond acceptors (Lipinski definition) is 5. The molecule has 2 aromatic carbocycles. The molecule has 4 rings (SSSR count). The number of amides is 1. The minimum Gasteiger partial charge on any atom is -0.373 e. The zero-order valence-electron chi connectivity index (χ0n) is 17.0. The number of fused-ring (bicyclic) bond motifs is 1. The topological polar surface area (TPSA) is 81.0 Å². The van der Waals surface area contributed by atoms with Crippen molar-refractivity contribution in [3.8, 4) is 0 Å². The minimum absolute atomic E-state index is 0.160. The van der Waals surface area contributed by atoms with Gasteiger partial charge in [-0.05, 0) is 50.2 Å². The number of nitrogens with zero attached hydrogens (tertiary/aromatic N) is 3. The normalized spacial score (nSPS) is 21.2. The average Bonchev–Trinajstić information content (AvgIpc) is 3.03. The second kappa shape index (κ2) is 8.07. The summed E-state index contributed by atoms with van der Waals surface area (Å²) in [5.74, 6) is -0.408. The molecule has 0 spiro atoms. The number of aryl methyl sites for hydroxylation is 1. The Bertz CT molecular complexity index is 1250. The summed E-state index contributed by atoms with van der Waals surface area (Å²) in [6, 6.07) is 13.8. The molecule has 2 heterocycles. The number of benzene rings is 2. The molecule has 0 saturated carbocycles. The Hall–Kier alpha value is -2.33. The van der Waals surface area contributed by atoms with Crippen molar-refractivity contribution < 1.29 is 17.9 Å². The van der Waals surface area contributed by atoms with E-state index >= 15 is 0 Å². The number of hydrogen-bond donors (Lipinski definition) is 0. The number of ether oxygens (including phenoxy) is 1. The predicted molar refractivity (Wildman–Crippen MR) is 116 cm³/mol. The summed E-state index contributed by atoms with van der Waals surface area (Å²) >= 11 is 1.43. The zero-order valence-corrected chi connectivity index (χ0v) is 18.6. The number of morpholine rings is 1. The molecular formula is C21H23N3O4S2. The molecule has 1 aromatic heterocycles. The van der Waals surface area contributed by atoms with Crippen molar-refractivity contribution in [3.05, 3.63) is 58.9 Å². The highest BCUT2D eigenvalue weighted by Gasteiger charge is 2.32. The van der Waals surface area contributed by atoms with Crippen LogP contribution in [0, 0.1) is 0 Å². The fourth-order valence-corrected chi connectivity index (χ4v) is 6.19. The van der Waals surface area contributed by atoms with E-state index in [1.54, 1.807) is 0 Å². The van der Waals surface area contributed by atoms with Crippen molar-refractivity contribution in [1.82, 2.24) is 8.87 Å². The third-order valence-electron chi connectivity index (χ3n) is 5.04. The largest absolute Gasteiger partial charge is 0.373 e. The van der Waals surface area contributed by atoms with Crippen LogP contribution < -0.4 is 4.80 Å². The summed E-state index contributed by atoms with van der Waals surface area (Å²) in [5.41, 5.74) is 1.35. The van der Waals surface area contributed by atoms with Crippen LogP contribution in [0.3, 0.4) is 0 Å². The van der Waals surface area contributed by atoms with Gasteiger partial charge in [0.1, 0.15) is 0 Å². The molecule has 0 aliphatic carbocycles. The van der Waals surface area contributed by atoms with Gasteiger partial charge in [0.2, 0.25) is 10.0 Å². The summed E-state index contributed by atoms with van der Waals surface area (Å²) in [7, 11) is -1.78. The molecule has 9 heteroatoms. The lowest BCUT2D eigenvalue weighted by Crippen LogP contribution is -2.48. The average molecular weight is 446 g/mol. The van der Waals surface area contributed by atoms with Crippen molar-refractivity contribution >= 4 is 37.5 Å². The van der Waals surface area contributed by atoms with Crippen LogP contribution >= 0.6 is 11.3 Å². The lowest BCUT2D eigenvalue weighted by Gasteiger charge is -2.34. The molecule has 7 nitrogen and oxygen atoms in total. The van der Waals surface area contributed by atoms with E-state index in [2.05, 4.69) is 4.99 Å². The molecule has 1 fully saturated rings. The van der Waals surface area contributed by atoms with E-state index in [0.717, 1.165) is 10.2 Å². The Balaban J connectivity index is 1.60. The Morgan fingerprint density at radius 2 is 1.70 bits per heavy atom. The number of sulfonamides is 1. The first-order chi connectivity index (χ1) is 14.3. The second-order valence-corrected chi connectivity index (χ2v) is 10.4. The van der Waals surface area contributed by atoms with Crippen molar-refractivity contribution in [3.63, 3.8) is 0 Å². The van der Waals surface area contributed by atoms with E-state index in [1.165, 1.54) is 39.9 Å². The smallest absolute Gasteiger partial charge is 0.279 e. The Morgan fingerprint density at radius 3 is 2.33 bits per heavy atom. The van der Waals surface area contributed by atoms with Gasteiger partial charge in [-0.2, -0.15) is 9.30 Å². The molecule has 3 aromatic rings. The highest BCUT2D eigenvalue weighted by Crippen LogP contribution is 2.22. The standard InChI is InChI=1S/C21H23N3O4S2/c1-14-12-24(13-15(2)28-14)30(26,27)17-10-8-16(9-11-17)20(25)22-21-23(3)18-6-4-5-7-19(18)29-21/h4-11,14-15H,12-13H2,1-3H3/t14-,15-/m0/s1. The quantitative estimate of drug-likeness (QED) is 0.621. The Morgan fingerprint density at radius 1 is 1.07 bits per heavy atom. The number of rotatable bonds is 3. The Labute approximate surface area is 179 Å². The molecule has 1 aliphatic rings. The van der Waals surface area contributed by atoms with Crippen LogP contribution in [0.25, 0.3) is 10.2 Å². The van der Waals surface area contributed by atoms with Gasteiger partial charge in [0, 0.05) is 25.7 Å². The van der Waals surface area contributed by atoms with Gasteiger partial charge in [0.05, 0.1) is 27.3 Å². The molecular weight excluding hydrogens is 422 g/mol. The highest BCUT2D eigenvalue weighted by atomic mass is 32.2. The fraction of sp³-hybridized carbons (Fsp3) is 0.333. The van der Waals surface area contributed by atoms with Gasteiger partial charge in [-0.25, -0.2) is 8.42 Å². The molecule has 158 valence electrons. The van der Waals surface area contributed by atoms with Crippen molar-refractivity contribution in [2.45, 2.75) is 31.0 Å². The van der Waals surface area contributed by atoms with E-state index < -0.39 is 15.9 Å². The summed E-state index contributed by atoms with van der Waals surface area (Å²) in [6.45, 7) is 4.33. The van der Waals surface area contributed by atoms with Crippen LogP contribution in [0.4, 0.5) is 0 Å². The molecule has 30 heavy (non-hydrogen) atoms. The minimum atomic E-state index is -3.64. The zero-order chi connectivity index (χ0) is 21.5. The first-order valence-corrected chi connectivity index (χ1v) is 11.9. The number of thiazole rings is 1. The van der Waals surface area contributed by atoms with Gasteiger partial charge in [0.25, 0.3) is 5.91 Å². The van der Waals surface area contributed by atoms with Crippen LogP contribution in [0.15, 0.2) is 58.4 Å². The van der Waals surface area contributed by atoms with Crippen molar-refractivity contribution in [2.75, 3.05) is 13.1 Å². The number of carbonyl (C=O) groups is 1.